The zero-order valence-electron chi connectivity index (χ0n) is 9.90. The van der Waals surface area contributed by atoms with E-state index >= 15 is 0 Å². The first-order valence-electron chi connectivity index (χ1n) is 6.22. The molecule has 0 radical (unpaired) electrons. The minimum absolute atomic E-state index is 0.762. The van der Waals surface area contributed by atoms with Gasteiger partial charge in [-0.15, -0.1) is 0 Å². The quantitative estimate of drug-likeness (QED) is 0.512. The van der Waals surface area contributed by atoms with E-state index < -0.39 is 0 Å². The Morgan fingerprint density at radius 1 is 1.00 bits per heavy atom. The van der Waals surface area contributed by atoms with Crippen LogP contribution in [0, 0.1) is 17.3 Å². The molecule has 0 bridgehead atoms. The van der Waals surface area contributed by atoms with Crippen LogP contribution in [0.4, 0.5) is 0 Å². The largest absolute Gasteiger partial charge is 0.0683 e. The lowest BCUT2D eigenvalue weighted by atomic mass is 9.65. The summed E-state index contributed by atoms with van der Waals surface area (Å²) in [6, 6.07) is 0. The fourth-order valence-electron chi connectivity index (χ4n) is 3.57. The lowest BCUT2D eigenvalue weighted by Crippen LogP contribution is -2.31. The van der Waals surface area contributed by atoms with E-state index in [1.165, 1.54) is 38.5 Å². The van der Waals surface area contributed by atoms with Gasteiger partial charge < -0.3 is 0 Å². The van der Waals surface area contributed by atoms with Gasteiger partial charge in [-0.1, -0.05) is 47.0 Å². The Morgan fingerprint density at radius 3 is 2.08 bits per heavy atom. The van der Waals surface area contributed by atoms with Gasteiger partial charge in [-0.2, -0.15) is 0 Å². The molecular weight excluding hydrogens is 156 g/mol. The van der Waals surface area contributed by atoms with E-state index in [2.05, 4.69) is 13.8 Å². The molecule has 0 amide bonds. The number of hydrogen-bond donors (Lipinski definition) is 0. The van der Waals surface area contributed by atoms with Crippen molar-refractivity contribution in [3.8, 4) is 0 Å². The van der Waals surface area contributed by atoms with Gasteiger partial charge in [-0.3, -0.25) is 0 Å². The van der Waals surface area contributed by atoms with E-state index in [1.54, 1.807) is 0 Å². The number of rotatable bonds is 0. The van der Waals surface area contributed by atoms with Crippen LogP contribution in [-0.2, 0) is 0 Å². The standard InChI is InChI=1S/C11H20.C2H6/c1-9-5-3-7-11(2)8-4-6-10(9)11;1-2/h9-10H,3-8H2,1-2H3;1-2H3/t9-,10?,11+;/m0./s1. The first-order chi connectivity index (χ1) is 6.22. The summed E-state index contributed by atoms with van der Waals surface area (Å²) in [6.07, 6.45) is 9.06. The third-order valence-corrected chi connectivity index (χ3v) is 4.25. The van der Waals surface area contributed by atoms with E-state index in [0.29, 0.717) is 0 Å². The molecule has 0 aromatic heterocycles. The molecular formula is C13H26. The molecule has 0 aromatic rings. The van der Waals surface area contributed by atoms with Crippen LogP contribution in [0.1, 0.15) is 66.2 Å². The molecule has 2 aliphatic carbocycles. The van der Waals surface area contributed by atoms with E-state index in [-0.39, 0.29) is 0 Å². The van der Waals surface area contributed by atoms with Crippen molar-refractivity contribution in [3.05, 3.63) is 0 Å². The van der Waals surface area contributed by atoms with E-state index in [0.717, 1.165) is 17.3 Å². The smallest absolute Gasteiger partial charge is 0.0295 e. The van der Waals surface area contributed by atoms with Crippen molar-refractivity contribution in [2.45, 2.75) is 66.2 Å². The molecule has 2 fully saturated rings. The Bertz CT molecular complexity index is 150. The second kappa shape index (κ2) is 4.48. The maximum atomic E-state index is 2.53. The van der Waals surface area contributed by atoms with Crippen LogP contribution < -0.4 is 0 Å². The average molecular weight is 182 g/mol. The SMILES string of the molecule is CC.C[C@H]1CCC[C@]2(C)CCCC12. The summed E-state index contributed by atoms with van der Waals surface area (Å²) in [6.45, 7) is 8.99. The topological polar surface area (TPSA) is 0 Å². The molecule has 2 saturated carbocycles. The lowest BCUT2D eigenvalue weighted by molar-refractivity contribution is 0.0992. The van der Waals surface area contributed by atoms with Crippen LogP contribution in [-0.4, -0.2) is 0 Å². The lowest BCUT2D eigenvalue weighted by Gasteiger charge is -2.40. The highest BCUT2D eigenvalue weighted by molar-refractivity contribution is 4.93. The van der Waals surface area contributed by atoms with Gasteiger partial charge >= 0.3 is 0 Å². The molecule has 0 aliphatic heterocycles. The molecule has 2 aliphatic rings. The van der Waals surface area contributed by atoms with Crippen molar-refractivity contribution in [3.63, 3.8) is 0 Å². The van der Waals surface area contributed by atoms with Gasteiger partial charge in [0.1, 0.15) is 0 Å². The van der Waals surface area contributed by atoms with Crippen LogP contribution in [0.2, 0.25) is 0 Å². The van der Waals surface area contributed by atoms with Crippen molar-refractivity contribution in [2.75, 3.05) is 0 Å². The maximum absolute atomic E-state index is 2.53. The number of fused-ring (bicyclic) bond motifs is 1. The van der Waals surface area contributed by atoms with Crippen molar-refractivity contribution < 1.29 is 0 Å². The Kier molecular flexibility index (Phi) is 3.82. The van der Waals surface area contributed by atoms with Gasteiger partial charge in [-0.05, 0) is 36.5 Å². The minimum atomic E-state index is 0.762. The fourth-order valence-corrected chi connectivity index (χ4v) is 3.57. The molecule has 3 atom stereocenters. The summed E-state index contributed by atoms with van der Waals surface area (Å²) < 4.78 is 0. The van der Waals surface area contributed by atoms with Gasteiger partial charge in [0.25, 0.3) is 0 Å². The Morgan fingerprint density at radius 2 is 1.54 bits per heavy atom. The fraction of sp³-hybridized carbons (Fsp3) is 1.00. The van der Waals surface area contributed by atoms with Crippen LogP contribution >= 0.6 is 0 Å². The van der Waals surface area contributed by atoms with E-state index in [1.807, 2.05) is 13.8 Å². The monoisotopic (exact) mass is 182 g/mol. The van der Waals surface area contributed by atoms with Crippen LogP contribution in [0.5, 0.6) is 0 Å². The van der Waals surface area contributed by atoms with Crippen molar-refractivity contribution in [1.29, 1.82) is 0 Å². The first kappa shape index (κ1) is 11.1. The first-order valence-corrected chi connectivity index (χ1v) is 6.22. The summed E-state index contributed by atoms with van der Waals surface area (Å²) >= 11 is 0. The second-order valence-corrected chi connectivity index (χ2v) is 5.02. The Balaban J connectivity index is 0.000000396. The minimum Gasteiger partial charge on any atom is -0.0683 e. The molecule has 78 valence electrons. The third kappa shape index (κ3) is 2.08. The summed E-state index contributed by atoms with van der Waals surface area (Å²) in [5.41, 5.74) is 0.762. The third-order valence-electron chi connectivity index (χ3n) is 4.25. The van der Waals surface area contributed by atoms with Crippen LogP contribution in [0.15, 0.2) is 0 Å². The molecule has 1 unspecified atom stereocenters. The van der Waals surface area contributed by atoms with Crippen LogP contribution in [0.3, 0.4) is 0 Å². The van der Waals surface area contributed by atoms with Gasteiger partial charge in [0.05, 0.1) is 0 Å². The molecule has 0 N–H and O–H groups in total. The van der Waals surface area contributed by atoms with E-state index in [4.69, 9.17) is 0 Å². The zero-order chi connectivity index (χ0) is 9.90. The van der Waals surface area contributed by atoms with Gasteiger partial charge in [0.2, 0.25) is 0 Å². The van der Waals surface area contributed by atoms with Gasteiger partial charge in [0, 0.05) is 0 Å². The van der Waals surface area contributed by atoms with Gasteiger partial charge in [-0.25, -0.2) is 0 Å². The van der Waals surface area contributed by atoms with Crippen LogP contribution in [0.25, 0.3) is 0 Å². The maximum Gasteiger partial charge on any atom is -0.0295 e. The molecule has 0 heterocycles. The predicted octanol–water partition coefficient (Wildman–Crippen LogP) is 4.64. The summed E-state index contributed by atoms with van der Waals surface area (Å²) in [4.78, 5) is 0. The van der Waals surface area contributed by atoms with Gasteiger partial charge in [0.15, 0.2) is 0 Å². The Labute approximate surface area is 84.1 Å². The highest BCUT2D eigenvalue weighted by atomic mass is 14.5. The summed E-state index contributed by atoms with van der Waals surface area (Å²) in [5.74, 6) is 2.10. The zero-order valence-corrected chi connectivity index (χ0v) is 9.90. The van der Waals surface area contributed by atoms with E-state index in [9.17, 15) is 0 Å². The summed E-state index contributed by atoms with van der Waals surface area (Å²) in [5, 5.41) is 0. The Hall–Kier alpha value is 0. The summed E-state index contributed by atoms with van der Waals surface area (Å²) in [7, 11) is 0. The van der Waals surface area contributed by atoms with Crippen molar-refractivity contribution >= 4 is 0 Å². The molecule has 13 heavy (non-hydrogen) atoms. The second-order valence-electron chi connectivity index (χ2n) is 5.02. The molecule has 0 spiro atoms. The predicted molar refractivity (Wildman–Crippen MR) is 59.8 cm³/mol. The molecule has 2 rings (SSSR count). The highest BCUT2D eigenvalue weighted by Gasteiger charge is 2.43. The highest BCUT2D eigenvalue weighted by Crippen LogP contribution is 2.53. The molecule has 0 saturated heterocycles. The molecule has 0 aromatic carbocycles. The van der Waals surface area contributed by atoms with Crippen molar-refractivity contribution in [1.82, 2.24) is 0 Å². The number of hydrogen-bond acceptors (Lipinski definition) is 0. The normalized spacial score (nSPS) is 43.4. The van der Waals surface area contributed by atoms with Crippen molar-refractivity contribution in [2.24, 2.45) is 17.3 Å². The average Bonchev–Trinajstić information content (AvgIpc) is 2.52. The molecule has 0 heteroatoms. The molecule has 0 nitrogen and oxygen atoms in total.